The highest BCUT2D eigenvalue weighted by atomic mass is 16.5. The van der Waals surface area contributed by atoms with Crippen LogP contribution in [0, 0.1) is 5.92 Å². The molecule has 1 aromatic carbocycles. The second kappa shape index (κ2) is 6.05. The van der Waals surface area contributed by atoms with E-state index in [1.165, 1.54) is 0 Å². The van der Waals surface area contributed by atoms with Crippen molar-refractivity contribution in [1.29, 1.82) is 0 Å². The summed E-state index contributed by atoms with van der Waals surface area (Å²) in [6, 6.07) is 7.15. The summed E-state index contributed by atoms with van der Waals surface area (Å²) >= 11 is 0. The SMILES string of the molecule is CC(C)Oc1ccc(CC(C(N)=O)C(N)=O)cc1. The fraction of sp³-hybridized carbons (Fsp3) is 0.385. The lowest BCUT2D eigenvalue weighted by atomic mass is 9.98. The number of primary amides is 2. The molecule has 2 amide bonds. The first-order valence-corrected chi connectivity index (χ1v) is 5.74. The van der Waals surface area contributed by atoms with Crippen LogP contribution in [-0.4, -0.2) is 17.9 Å². The molecular formula is C13H18N2O3. The van der Waals surface area contributed by atoms with Gasteiger partial charge in [-0.15, -0.1) is 0 Å². The molecule has 0 fully saturated rings. The number of benzene rings is 1. The quantitative estimate of drug-likeness (QED) is 0.724. The molecule has 0 heterocycles. The van der Waals surface area contributed by atoms with Gasteiger partial charge in [0.15, 0.2) is 0 Å². The highest BCUT2D eigenvalue weighted by Gasteiger charge is 2.21. The van der Waals surface area contributed by atoms with Crippen LogP contribution in [0.3, 0.4) is 0 Å². The average Bonchev–Trinajstić information content (AvgIpc) is 2.26. The van der Waals surface area contributed by atoms with Crippen molar-refractivity contribution in [3.05, 3.63) is 29.8 Å². The summed E-state index contributed by atoms with van der Waals surface area (Å²) in [5.74, 6) is -1.64. The monoisotopic (exact) mass is 250 g/mol. The molecule has 0 radical (unpaired) electrons. The predicted molar refractivity (Wildman–Crippen MR) is 67.8 cm³/mol. The fourth-order valence-corrected chi connectivity index (χ4v) is 1.55. The number of amides is 2. The molecular weight excluding hydrogens is 232 g/mol. The molecule has 0 aliphatic heterocycles. The van der Waals surface area contributed by atoms with Crippen molar-refractivity contribution >= 4 is 11.8 Å². The maximum Gasteiger partial charge on any atom is 0.230 e. The second-order valence-corrected chi connectivity index (χ2v) is 4.37. The zero-order valence-electron chi connectivity index (χ0n) is 10.6. The van der Waals surface area contributed by atoms with Crippen LogP contribution in [0.2, 0.25) is 0 Å². The van der Waals surface area contributed by atoms with E-state index in [0.717, 1.165) is 11.3 Å². The Hall–Kier alpha value is -2.04. The van der Waals surface area contributed by atoms with E-state index in [-0.39, 0.29) is 12.5 Å². The topological polar surface area (TPSA) is 95.4 Å². The zero-order chi connectivity index (χ0) is 13.7. The molecule has 0 atom stereocenters. The Balaban J connectivity index is 2.73. The summed E-state index contributed by atoms with van der Waals surface area (Å²) in [5, 5.41) is 0. The number of nitrogens with two attached hydrogens (primary N) is 2. The van der Waals surface area contributed by atoms with Gasteiger partial charge in [-0.3, -0.25) is 9.59 Å². The first-order chi connectivity index (χ1) is 8.40. The largest absolute Gasteiger partial charge is 0.491 e. The lowest BCUT2D eigenvalue weighted by Crippen LogP contribution is -2.36. The number of carbonyl (C=O) groups excluding carboxylic acids is 2. The molecule has 0 unspecified atom stereocenters. The molecule has 1 aromatic rings. The lowest BCUT2D eigenvalue weighted by molar-refractivity contribution is -0.131. The van der Waals surface area contributed by atoms with E-state index in [4.69, 9.17) is 16.2 Å². The van der Waals surface area contributed by atoms with E-state index in [1.54, 1.807) is 24.3 Å². The number of hydrogen-bond donors (Lipinski definition) is 2. The van der Waals surface area contributed by atoms with Crippen molar-refractivity contribution in [3.63, 3.8) is 0 Å². The second-order valence-electron chi connectivity index (χ2n) is 4.37. The van der Waals surface area contributed by atoms with Gasteiger partial charge in [-0.2, -0.15) is 0 Å². The average molecular weight is 250 g/mol. The van der Waals surface area contributed by atoms with E-state index >= 15 is 0 Å². The first-order valence-electron chi connectivity index (χ1n) is 5.74. The minimum Gasteiger partial charge on any atom is -0.491 e. The maximum absolute atomic E-state index is 11.1. The minimum absolute atomic E-state index is 0.0971. The Morgan fingerprint density at radius 2 is 1.61 bits per heavy atom. The van der Waals surface area contributed by atoms with Crippen molar-refractivity contribution < 1.29 is 14.3 Å². The van der Waals surface area contributed by atoms with Crippen LogP contribution in [0.1, 0.15) is 19.4 Å². The predicted octanol–water partition coefficient (Wildman–Crippen LogP) is 0.603. The van der Waals surface area contributed by atoms with Crippen LogP contribution < -0.4 is 16.2 Å². The van der Waals surface area contributed by atoms with Crippen molar-refractivity contribution in [3.8, 4) is 5.75 Å². The molecule has 4 N–H and O–H groups in total. The molecule has 0 saturated heterocycles. The number of ether oxygens (including phenoxy) is 1. The van der Waals surface area contributed by atoms with Gasteiger partial charge in [-0.1, -0.05) is 12.1 Å². The molecule has 0 bridgehead atoms. The molecule has 0 spiro atoms. The molecule has 98 valence electrons. The third-order valence-electron chi connectivity index (χ3n) is 2.42. The van der Waals surface area contributed by atoms with Crippen molar-refractivity contribution in [1.82, 2.24) is 0 Å². The molecule has 0 aromatic heterocycles. The van der Waals surface area contributed by atoms with Gasteiger partial charge in [0.25, 0.3) is 0 Å². The van der Waals surface area contributed by atoms with E-state index in [0.29, 0.717) is 0 Å². The Morgan fingerprint density at radius 3 is 2.00 bits per heavy atom. The van der Waals surface area contributed by atoms with Crippen molar-refractivity contribution in [2.45, 2.75) is 26.4 Å². The van der Waals surface area contributed by atoms with Gasteiger partial charge in [-0.25, -0.2) is 0 Å². The Labute approximate surface area is 106 Å². The zero-order valence-corrected chi connectivity index (χ0v) is 10.6. The minimum atomic E-state index is -0.970. The molecule has 0 aliphatic carbocycles. The first kappa shape index (κ1) is 14.0. The summed E-state index contributed by atoms with van der Waals surface area (Å²) in [5.41, 5.74) is 11.0. The molecule has 0 saturated carbocycles. The van der Waals surface area contributed by atoms with Gasteiger partial charge in [0.1, 0.15) is 11.7 Å². The molecule has 0 aliphatic rings. The van der Waals surface area contributed by atoms with Crippen LogP contribution >= 0.6 is 0 Å². The van der Waals surface area contributed by atoms with Gasteiger partial charge in [0.05, 0.1) is 6.10 Å². The molecule has 1 rings (SSSR count). The van der Waals surface area contributed by atoms with Crippen molar-refractivity contribution in [2.75, 3.05) is 0 Å². The Bertz CT molecular complexity index is 412. The van der Waals surface area contributed by atoms with E-state index in [1.807, 2.05) is 13.8 Å². The Kier molecular flexibility index (Phi) is 4.71. The number of hydrogen-bond acceptors (Lipinski definition) is 3. The van der Waals surface area contributed by atoms with Gasteiger partial charge in [0.2, 0.25) is 11.8 Å². The summed E-state index contributed by atoms with van der Waals surface area (Å²) in [7, 11) is 0. The smallest absolute Gasteiger partial charge is 0.230 e. The van der Waals surface area contributed by atoms with Gasteiger partial charge < -0.3 is 16.2 Å². The summed E-state index contributed by atoms with van der Waals surface area (Å²) in [6.07, 6.45) is 0.312. The summed E-state index contributed by atoms with van der Waals surface area (Å²) < 4.78 is 5.49. The van der Waals surface area contributed by atoms with Crippen LogP contribution in [-0.2, 0) is 16.0 Å². The van der Waals surface area contributed by atoms with Gasteiger partial charge in [0, 0.05) is 0 Å². The number of carbonyl (C=O) groups is 2. The number of rotatable bonds is 6. The van der Waals surface area contributed by atoms with Crippen LogP contribution in [0.25, 0.3) is 0 Å². The lowest BCUT2D eigenvalue weighted by Gasteiger charge is -2.12. The van der Waals surface area contributed by atoms with Crippen LogP contribution in [0.4, 0.5) is 0 Å². The Morgan fingerprint density at radius 1 is 1.11 bits per heavy atom. The van der Waals surface area contributed by atoms with E-state index in [2.05, 4.69) is 0 Å². The molecule has 18 heavy (non-hydrogen) atoms. The van der Waals surface area contributed by atoms with Crippen LogP contribution in [0.5, 0.6) is 5.75 Å². The van der Waals surface area contributed by atoms with E-state index < -0.39 is 17.7 Å². The highest BCUT2D eigenvalue weighted by molar-refractivity contribution is 5.99. The van der Waals surface area contributed by atoms with Gasteiger partial charge >= 0.3 is 0 Å². The summed E-state index contributed by atoms with van der Waals surface area (Å²) in [4.78, 5) is 22.1. The highest BCUT2D eigenvalue weighted by Crippen LogP contribution is 2.16. The normalized spacial score (nSPS) is 10.7. The van der Waals surface area contributed by atoms with Crippen molar-refractivity contribution in [2.24, 2.45) is 17.4 Å². The standard InChI is InChI=1S/C13H18N2O3/c1-8(2)18-10-5-3-9(4-6-10)7-11(12(14)16)13(15)17/h3-6,8,11H,7H2,1-2H3,(H2,14,16)(H2,15,17). The third kappa shape index (κ3) is 4.08. The molecule has 5 heteroatoms. The fourth-order valence-electron chi connectivity index (χ4n) is 1.55. The molecule has 5 nitrogen and oxygen atoms in total. The maximum atomic E-state index is 11.1. The third-order valence-corrected chi connectivity index (χ3v) is 2.42. The summed E-state index contributed by atoms with van der Waals surface area (Å²) in [6.45, 7) is 3.87. The van der Waals surface area contributed by atoms with E-state index in [9.17, 15) is 9.59 Å². The van der Waals surface area contributed by atoms with Gasteiger partial charge in [-0.05, 0) is 38.0 Å². The van der Waals surface area contributed by atoms with Crippen LogP contribution in [0.15, 0.2) is 24.3 Å².